The highest BCUT2D eigenvalue weighted by atomic mass is 32.2. The van der Waals surface area contributed by atoms with Crippen molar-refractivity contribution in [2.45, 2.75) is 59.0 Å². The molecule has 2 aliphatic rings. The molecule has 0 aromatic heterocycles. The monoisotopic (exact) mass is 331 g/mol. The molecule has 0 N–H and O–H groups in total. The van der Waals surface area contributed by atoms with Crippen molar-refractivity contribution < 1.29 is 17.9 Å². The van der Waals surface area contributed by atoms with Gasteiger partial charge in [-0.3, -0.25) is 4.79 Å². The smallest absolute Gasteiger partial charge is 0.321 e. The van der Waals surface area contributed by atoms with Crippen molar-refractivity contribution >= 4 is 16.0 Å². The van der Waals surface area contributed by atoms with Crippen molar-refractivity contribution in [1.29, 1.82) is 0 Å². The summed E-state index contributed by atoms with van der Waals surface area (Å²) in [4.78, 5) is 12.2. The molecule has 3 atom stereocenters. The lowest BCUT2D eigenvalue weighted by Crippen LogP contribution is -2.43. The van der Waals surface area contributed by atoms with E-state index in [1.54, 1.807) is 0 Å². The Bertz CT molecular complexity index is 488. The number of hydrogen-bond acceptors (Lipinski definition) is 4. The number of hydrogen-bond donors (Lipinski definition) is 0. The predicted molar refractivity (Wildman–Crippen MR) is 85.8 cm³/mol. The van der Waals surface area contributed by atoms with Crippen LogP contribution in [0.5, 0.6) is 0 Å². The topological polar surface area (TPSA) is 63.7 Å². The summed E-state index contributed by atoms with van der Waals surface area (Å²) in [7, 11) is -3.27. The Morgan fingerprint density at radius 3 is 2.64 bits per heavy atom. The maximum Gasteiger partial charge on any atom is 0.321 e. The normalized spacial score (nSPS) is 32.8. The van der Waals surface area contributed by atoms with Crippen LogP contribution in [0.2, 0.25) is 0 Å². The molecule has 1 aliphatic carbocycles. The highest BCUT2D eigenvalue weighted by Gasteiger charge is 2.35. The van der Waals surface area contributed by atoms with Crippen LogP contribution in [-0.4, -0.2) is 43.6 Å². The third kappa shape index (κ3) is 4.44. The highest BCUT2D eigenvalue weighted by Crippen LogP contribution is 2.35. The van der Waals surface area contributed by atoms with Crippen molar-refractivity contribution in [2.75, 3.05) is 18.8 Å². The van der Waals surface area contributed by atoms with Gasteiger partial charge in [0, 0.05) is 6.54 Å². The molecule has 0 amide bonds. The average molecular weight is 331 g/mol. The second kappa shape index (κ2) is 7.30. The van der Waals surface area contributed by atoms with Crippen LogP contribution in [0.15, 0.2) is 0 Å². The summed E-state index contributed by atoms with van der Waals surface area (Å²) in [6.07, 6.45) is 4.59. The van der Waals surface area contributed by atoms with Gasteiger partial charge in [0.1, 0.15) is 12.6 Å². The third-order valence-electron chi connectivity index (χ3n) is 5.00. The fraction of sp³-hybridized carbons (Fsp3) is 0.938. The molecule has 2 fully saturated rings. The molecule has 5 nitrogen and oxygen atoms in total. The lowest BCUT2D eigenvalue weighted by Gasteiger charge is -2.37. The van der Waals surface area contributed by atoms with Gasteiger partial charge in [0.2, 0.25) is 10.0 Å². The predicted octanol–water partition coefficient (Wildman–Crippen LogP) is 2.42. The number of rotatable bonds is 4. The number of carbonyl (C=O) groups is 1. The highest BCUT2D eigenvalue weighted by molar-refractivity contribution is 7.89. The van der Waals surface area contributed by atoms with Gasteiger partial charge in [-0.15, -0.1) is 0 Å². The minimum absolute atomic E-state index is 0.0660. The molecule has 22 heavy (non-hydrogen) atoms. The molecule has 1 aliphatic heterocycles. The van der Waals surface area contributed by atoms with Crippen molar-refractivity contribution in [2.24, 2.45) is 17.8 Å². The average Bonchev–Trinajstić information content (AvgIpc) is 2.40. The van der Waals surface area contributed by atoms with E-state index in [4.69, 9.17) is 4.74 Å². The fourth-order valence-corrected chi connectivity index (χ4v) is 5.16. The summed E-state index contributed by atoms with van der Waals surface area (Å²) in [6, 6.07) is 0. The Morgan fingerprint density at radius 1 is 1.27 bits per heavy atom. The van der Waals surface area contributed by atoms with Crippen LogP contribution in [0.1, 0.15) is 52.9 Å². The number of nitrogens with zero attached hydrogens (tertiary/aromatic N) is 1. The zero-order chi connectivity index (χ0) is 16.3. The number of ether oxygens (including phenoxy) is 1. The third-order valence-corrected chi connectivity index (χ3v) is 6.91. The molecule has 1 saturated carbocycles. The van der Waals surface area contributed by atoms with Gasteiger partial charge < -0.3 is 4.74 Å². The van der Waals surface area contributed by atoms with Crippen LogP contribution in [0.25, 0.3) is 0 Å². The fourth-order valence-electron chi connectivity index (χ4n) is 3.62. The van der Waals surface area contributed by atoms with Gasteiger partial charge in [0.15, 0.2) is 0 Å². The zero-order valence-corrected chi connectivity index (χ0v) is 14.8. The minimum atomic E-state index is -3.27. The number of carbonyl (C=O) groups excluding carboxylic acids is 1. The van der Waals surface area contributed by atoms with Crippen LogP contribution >= 0.6 is 0 Å². The van der Waals surface area contributed by atoms with Crippen LogP contribution in [0.3, 0.4) is 0 Å². The SMILES string of the molecule is CC(C)[C@H]1CC[C@H](C)C[C@@H]1OC(=O)CN1CCCCS1(=O)=O. The second-order valence-electron chi connectivity index (χ2n) is 7.21. The van der Waals surface area contributed by atoms with Gasteiger partial charge in [0.25, 0.3) is 0 Å². The van der Waals surface area contributed by atoms with E-state index < -0.39 is 16.0 Å². The number of sulfonamides is 1. The maximum absolute atomic E-state index is 12.2. The summed E-state index contributed by atoms with van der Waals surface area (Å²) in [5.41, 5.74) is 0. The molecule has 1 saturated heterocycles. The van der Waals surface area contributed by atoms with Gasteiger partial charge in [-0.1, -0.05) is 27.2 Å². The van der Waals surface area contributed by atoms with E-state index >= 15 is 0 Å². The molecule has 6 heteroatoms. The van der Waals surface area contributed by atoms with Crippen LogP contribution < -0.4 is 0 Å². The van der Waals surface area contributed by atoms with E-state index in [0.29, 0.717) is 30.7 Å². The van der Waals surface area contributed by atoms with Crippen molar-refractivity contribution in [3.63, 3.8) is 0 Å². The molecule has 1 heterocycles. The molecule has 2 rings (SSSR count). The Hall–Kier alpha value is -0.620. The standard InChI is InChI=1S/C16H29NO4S/c1-12(2)14-7-6-13(3)10-15(14)21-16(18)11-17-8-4-5-9-22(17,19)20/h12-15H,4-11H2,1-3H3/t13-,14+,15-/m0/s1. The van der Waals surface area contributed by atoms with E-state index in [9.17, 15) is 13.2 Å². The van der Waals surface area contributed by atoms with E-state index in [1.807, 2.05) is 0 Å². The van der Waals surface area contributed by atoms with Gasteiger partial charge >= 0.3 is 5.97 Å². The summed E-state index contributed by atoms with van der Waals surface area (Å²) in [6.45, 7) is 6.82. The van der Waals surface area contributed by atoms with Crippen molar-refractivity contribution in [3.05, 3.63) is 0 Å². The minimum Gasteiger partial charge on any atom is -0.461 e. The lowest BCUT2D eigenvalue weighted by atomic mass is 9.75. The molecule has 0 aromatic carbocycles. The number of esters is 1. The summed E-state index contributed by atoms with van der Waals surface area (Å²) in [5.74, 6) is 1.18. The molecule has 0 spiro atoms. The Labute approximate surface area is 134 Å². The van der Waals surface area contributed by atoms with Gasteiger partial charge in [-0.2, -0.15) is 4.31 Å². The van der Waals surface area contributed by atoms with Crippen LogP contribution in [0, 0.1) is 17.8 Å². The largest absolute Gasteiger partial charge is 0.461 e. The first kappa shape index (κ1) is 17.7. The molecule has 0 bridgehead atoms. The Balaban J connectivity index is 1.94. The molecule has 128 valence electrons. The first-order valence-electron chi connectivity index (χ1n) is 8.47. The van der Waals surface area contributed by atoms with Gasteiger partial charge in [-0.25, -0.2) is 8.42 Å². The van der Waals surface area contributed by atoms with Gasteiger partial charge in [0.05, 0.1) is 5.75 Å². The first-order chi connectivity index (χ1) is 10.3. The van der Waals surface area contributed by atoms with Crippen molar-refractivity contribution in [1.82, 2.24) is 4.31 Å². The molecule has 0 unspecified atom stereocenters. The van der Waals surface area contributed by atoms with Crippen molar-refractivity contribution in [3.8, 4) is 0 Å². The first-order valence-corrected chi connectivity index (χ1v) is 10.1. The van der Waals surface area contributed by atoms with E-state index in [2.05, 4.69) is 20.8 Å². The van der Waals surface area contributed by atoms with Crippen LogP contribution in [0.4, 0.5) is 0 Å². The van der Waals surface area contributed by atoms with E-state index in [1.165, 1.54) is 10.7 Å². The molecular formula is C16H29NO4S. The summed E-state index contributed by atoms with van der Waals surface area (Å²) in [5, 5.41) is 0. The molecule has 0 radical (unpaired) electrons. The lowest BCUT2D eigenvalue weighted by molar-refractivity contribution is -0.156. The zero-order valence-electron chi connectivity index (χ0n) is 14.0. The summed E-state index contributed by atoms with van der Waals surface area (Å²) >= 11 is 0. The van der Waals surface area contributed by atoms with E-state index in [-0.39, 0.29) is 18.4 Å². The second-order valence-corrected chi connectivity index (χ2v) is 9.30. The quantitative estimate of drug-likeness (QED) is 0.742. The van der Waals surface area contributed by atoms with Gasteiger partial charge in [-0.05, 0) is 43.4 Å². The molecular weight excluding hydrogens is 302 g/mol. The van der Waals surface area contributed by atoms with Crippen LogP contribution in [-0.2, 0) is 19.6 Å². The van der Waals surface area contributed by atoms with E-state index in [0.717, 1.165) is 19.3 Å². The molecule has 0 aromatic rings. The maximum atomic E-state index is 12.2. The Morgan fingerprint density at radius 2 is 2.00 bits per heavy atom. The summed E-state index contributed by atoms with van der Waals surface area (Å²) < 4.78 is 30.9. The Kier molecular flexibility index (Phi) is 5.88.